The molecule has 2 heterocycles. The van der Waals surface area contributed by atoms with Gasteiger partial charge in [-0.1, -0.05) is 20.8 Å². The van der Waals surface area contributed by atoms with Crippen LogP contribution in [0.3, 0.4) is 0 Å². The van der Waals surface area contributed by atoms with Crippen molar-refractivity contribution in [2.24, 2.45) is 5.92 Å². The Hall–Kier alpha value is -0.220. The number of halogens is 2. The van der Waals surface area contributed by atoms with Gasteiger partial charge in [-0.3, -0.25) is 4.90 Å². The minimum Gasteiger partial charge on any atom is -0.304 e. The summed E-state index contributed by atoms with van der Waals surface area (Å²) in [5, 5.41) is 0. The molecule has 2 nitrogen and oxygen atoms in total. The van der Waals surface area contributed by atoms with Crippen LogP contribution in [0.1, 0.15) is 46.5 Å². The maximum absolute atomic E-state index is 13.3. The lowest BCUT2D eigenvalue weighted by Gasteiger charge is -2.37. The van der Waals surface area contributed by atoms with E-state index in [2.05, 4.69) is 11.8 Å². The van der Waals surface area contributed by atoms with Gasteiger partial charge in [0.2, 0.25) is 0 Å². The van der Waals surface area contributed by atoms with Crippen molar-refractivity contribution in [1.82, 2.24) is 9.80 Å². The molecule has 2 aliphatic rings. The van der Waals surface area contributed by atoms with E-state index in [0.717, 1.165) is 32.7 Å². The standard InChI is InChI=1S/C13H24F2N2.C2H6/c1-2-16-8-4-12(5-9-16)10-17-7-3-6-13(14,15)11-17;1-2/h12H,2-11H2,1H3;1-2H3. The van der Waals surface area contributed by atoms with Crippen molar-refractivity contribution >= 4 is 0 Å². The highest BCUT2D eigenvalue weighted by Crippen LogP contribution is 2.28. The molecule has 2 aliphatic heterocycles. The molecule has 0 aliphatic carbocycles. The molecule has 0 amide bonds. The van der Waals surface area contributed by atoms with Crippen molar-refractivity contribution in [2.45, 2.75) is 52.4 Å². The van der Waals surface area contributed by atoms with Gasteiger partial charge in [0.15, 0.2) is 0 Å². The van der Waals surface area contributed by atoms with E-state index < -0.39 is 5.92 Å². The topological polar surface area (TPSA) is 6.48 Å². The van der Waals surface area contributed by atoms with Gasteiger partial charge < -0.3 is 4.90 Å². The summed E-state index contributed by atoms with van der Waals surface area (Å²) in [6.07, 6.45) is 3.09. The Kier molecular flexibility index (Phi) is 7.22. The van der Waals surface area contributed by atoms with Crippen molar-refractivity contribution < 1.29 is 8.78 Å². The average Bonchev–Trinajstić information content (AvgIpc) is 2.41. The fraction of sp³-hybridized carbons (Fsp3) is 1.00. The van der Waals surface area contributed by atoms with E-state index in [-0.39, 0.29) is 13.0 Å². The molecule has 2 rings (SSSR count). The fourth-order valence-corrected chi connectivity index (χ4v) is 3.05. The lowest BCUT2D eigenvalue weighted by Crippen LogP contribution is -2.46. The quantitative estimate of drug-likeness (QED) is 0.778. The van der Waals surface area contributed by atoms with Gasteiger partial charge in [0.05, 0.1) is 6.54 Å². The molecule has 0 saturated carbocycles. The van der Waals surface area contributed by atoms with Gasteiger partial charge in [0, 0.05) is 13.0 Å². The first-order valence-corrected chi connectivity index (χ1v) is 7.91. The molecule has 0 aromatic heterocycles. The van der Waals surface area contributed by atoms with Crippen molar-refractivity contribution in [2.75, 3.05) is 39.3 Å². The number of alkyl halides is 2. The summed E-state index contributed by atoms with van der Waals surface area (Å²) in [5.41, 5.74) is 0. The van der Waals surface area contributed by atoms with Crippen LogP contribution in [0.25, 0.3) is 0 Å². The van der Waals surface area contributed by atoms with Gasteiger partial charge in [-0.2, -0.15) is 0 Å². The molecule has 0 atom stereocenters. The van der Waals surface area contributed by atoms with Crippen LogP contribution in [-0.2, 0) is 0 Å². The number of hydrogen-bond donors (Lipinski definition) is 0. The Labute approximate surface area is 117 Å². The van der Waals surface area contributed by atoms with Gasteiger partial charge in [-0.05, 0) is 51.4 Å². The van der Waals surface area contributed by atoms with Crippen LogP contribution < -0.4 is 0 Å². The van der Waals surface area contributed by atoms with Gasteiger partial charge in [0.1, 0.15) is 0 Å². The lowest BCUT2D eigenvalue weighted by molar-refractivity contribution is -0.0685. The minimum absolute atomic E-state index is 0.0129. The number of nitrogens with zero attached hydrogens (tertiary/aromatic N) is 2. The van der Waals surface area contributed by atoms with Crippen LogP contribution in [-0.4, -0.2) is 55.0 Å². The molecule has 2 fully saturated rings. The highest BCUT2D eigenvalue weighted by Gasteiger charge is 2.35. The minimum atomic E-state index is -2.44. The molecule has 0 unspecified atom stereocenters. The maximum Gasteiger partial charge on any atom is 0.260 e. The van der Waals surface area contributed by atoms with E-state index in [0.29, 0.717) is 12.3 Å². The summed E-state index contributed by atoms with van der Waals surface area (Å²) < 4.78 is 26.6. The monoisotopic (exact) mass is 276 g/mol. The first-order valence-electron chi connectivity index (χ1n) is 7.91. The molecule has 114 valence electrons. The van der Waals surface area contributed by atoms with Crippen molar-refractivity contribution in [3.05, 3.63) is 0 Å². The van der Waals surface area contributed by atoms with Crippen molar-refractivity contribution in [3.63, 3.8) is 0 Å². The van der Waals surface area contributed by atoms with Crippen LogP contribution in [0, 0.1) is 5.92 Å². The van der Waals surface area contributed by atoms with E-state index in [1.165, 1.54) is 12.8 Å². The molecule has 0 aromatic rings. The van der Waals surface area contributed by atoms with E-state index in [4.69, 9.17) is 0 Å². The molecular formula is C15H30F2N2. The summed E-state index contributed by atoms with van der Waals surface area (Å²) in [6.45, 7) is 11.3. The van der Waals surface area contributed by atoms with E-state index in [1.54, 1.807) is 0 Å². The summed E-state index contributed by atoms with van der Waals surface area (Å²) in [6, 6.07) is 0. The van der Waals surface area contributed by atoms with Crippen molar-refractivity contribution in [3.8, 4) is 0 Å². The average molecular weight is 276 g/mol. The van der Waals surface area contributed by atoms with Crippen LogP contribution in [0.5, 0.6) is 0 Å². The Morgan fingerprint density at radius 2 is 1.68 bits per heavy atom. The molecule has 4 heteroatoms. The molecule has 19 heavy (non-hydrogen) atoms. The van der Waals surface area contributed by atoms with Crippen molar-refractivity contribution in [1.29, 1.82) is 0 Å². The Balaban J connectivity index is 0.000000861. The first-order chi connectivity index (χ1) is 9.09. The second-order valence-electron chi connectivity index (χ2n) is 5.57. The SMILES string of the molecule is CC.CCN1CCC(CN2CCCC(F)(F)C2)CC1. The van der Waals surface area contributed by atoms with Gasteiger partial charge in [-0.25, -0.2) is 8.78 Å². The second-order valence-corrected chi connectivity index (χ2v) is 5.57. The van der Waals surface area contributed by atoms with Gasteiger partial charge in [-0.15, -0.1) is 0 Å². The third-order valence-corrected chi connectivity index (χ3v) is 4.14. The number of piperidine rings is 2. The third-order valence-electron chi connectivity index (χ3n) is 4.14. The van der Waals surface area contributed by atoms with E-state index in [9.17, 15) is 8.78 Å². The van der Waals surface area contributed by atoms with Crippen LogP contribution in [0.2, 0.25) is 0 Å². The predicted octanol–water partition coefficient (Wildman–Crippen LogP) is 3.48. The Bertz CT molecular complexity index is 238. The van der Waals surface area contributed by atoms with Crippen LogP contribution in [0.15, 0.2) is 0 Å². The zero-order valence-electron chi connectivity index (χ0n) is 12.8. The number of likely N-dealkylation sites (tertiary alicyclic amines) is 2. The highest BCUT2D eigenvalue weighted by molar-refractivity contribution is 4.81. The summed E-state index contributed by atoms with van der Waals surface area (Å²) in [5.74, 6) is -1.81. The molecular weight excluding hydrogens is 246 g/mol. The summed E-state index contributed by atoms with van der Waals surface area (Å²) >= 11 is 0. The lowest BCUT2D eigenvalue weighted by atomic mass is 9.95. The van der Waals surface area contributed by atoms with E-state index >= 15 is 0 Å². The Morgan fingerprint density at radius 1 is 1.05 bits per heavy atom. The second kappa shape index (κ2) is 8.15. The summed E-state index contributed by atoms with van der Waals surface area (Å²) in [4.78, 5) is 4.43. The highest BCUT2D eigenvalue weighted by atomic mass is 19.3. The van der Waals surface area contributed by atoms with E-state index in [1.807, 2.05) is 18.7 Å². The molecule has 0 N–H and O–H groups in total. The first kappa shape index (κ1) is 16.8. The zero-order valence-corrected chi connectivity index (χ0v) is 12.8. The maximum atomic E-state index is 13.3. The normalized spacial score (nSPS) is 25.7. The smallest absolute Gasteiger partial charge is 0.260 e. The molecule has 0 bridgehead atoms. The van der Waals surface area contributed by atoms with Gasteiger partial charge in [0.25, 0.3) is 5.92 Å². The molecule has 0 aromatic carbocycles. The predicted molar refractivity (Wildman–Crippen MR) is 76.8 cm³/mol. The molecule has 2 saturated heterocycles. The van der Waals surface area contributed by atoms with Crippen LogP contribution in [0.4, 0.5) is 8.78 Å². The third kappa shape index (κ3) is 5.74. The zero-order chi connectivity index (χ0) is 14.3. The Morgan fingerprint density at radius 3 is 2.21 bits per heavy atom. The number of hydrogen-bond acceptors (Lipinski definition) is 2. The largest absolute Gasteiger partial charge is 0.304 e. The van der Waals surface area contributed by atoms with Gasteiger partial charge >= 0.3 is 0 Å². The number of rotatable bonds is 3. The van der Waals surface area contributed by atoms with Crippen LogP contribution >= 0.6 is 0 Å². The fourth-order valence-electron chi connectivity index (χ4n) is 3.05. The summed E-state index contributed by atoms with van der Waals surface area (Å²) in [7, 11) is 0. The molecule has 0 spiro atoms. The molecule has 0 radical (unpaired) electrons.